The van der Waals surface area contributed by atoms with Crippen LogP contribution in [0, 0.1) is 5.82 Å². The lowest BCUT2D eigenvalue weighted by Crippen LogP contribution is -2.47. The maximum atomic E-state index is 13.1. The van der Waals surface area contributed by atoms with Crippen molar-refractivity contribution in [3.8, 4) is 0 Å². The minimum absolute atomic E-state index is 0.0140. The van der Waals surface area contributed by atoms with Gasteiger partial charge in [-0.15, -0.1) is 0 Å². The maximum absolute atomic E-state index is 13.1. The van der Waals surface area contributed by atoms with E-state index in [0.29, 0.717) is 12.8 Å². The SMILES string of the molecule is O=C1CCC(c2ccc(CCN3CCN(c4ccc(F)cc4)CC3)cc2)=NN1. The second-order valence-electron chi connectivity index (χ2n) is 7.35. The molecule has 0 bridgehead atoms. The molecular formula is C22H25FN4O. The molecule has 1 fully saturated rings. The van der Waals surface area contributed by atoms with E-state index in [2.05, 4.69) is 44.6 Å². The molecule has 146 valence electrons. The van der Waals surface area contributed by atoms with Crippen molar-refractivity contribution in [2.24, 2.45) is 5.10 Å². The Morgan fingerprint density at radius 3 is 2.29 bits per heavy atom. The van der Waals surface area contributed by atoms with E-state index in [1.54, 1.807) is 0 Å². The molecule has 0 unspecified atom stereocenters. The van der Waals surface area contributed by atoms with Crippen molar-refractivity contribution < 1.29 is 9.18 Å². The van der Waals surface area contributed by atoms with Crippen molar-refractivity contribution in [2.45, 2.75) is 19.3 Å². The first-order valence-corrected chi connectivity index (χ1v) is 9.85. The van der Waals surface area contributed by atoms with Crippen LogP contribution < -0.4 is 10.3 Å². The van der Waals surface area contributed by atoms with Crippen LogP contribution in [0.4, 0.5) is 10.1 Å². The van der Waals surface area contributed by atoms with Gasteiger partial charge in [0.1, 0.15) is 5.82 Å². The lowest BCUT2D eigenvalue weighted by Gasteiger charge is -2.36. The van der Waals surface area contributed by atoms with Crippen LogP contribution in [-0.2, 0) is 11.2 Å². The Morgan fingerprint density at radius 1 is 0.929 bits per heavy atom. The molecule has 0 saturated carbocycles. The third-order valence-corrected chi connectivity index (χ3v) is 5.47. The minimum atomic E-state index is -0.186. The number of carbonyl (C=O) groups is 1. The van der Waals surface area contributed by atoms with Gasteiger partial charge in [-0.05, 0) is 41.8 Å². The fourth-order valence-corrected chi connectivity index (χ4v) is 3.72. The fourth-order valence-electron chi connectivity index (χ4n) is 3.72. The van der Waals surface area contributed by atoms with Gasteiger partial charge in [0, 0.05) is 51.3 Å². The summed E-state index contributed by atoms with van der Waals surface area (Å²) in [5.74, 6) is -0.200. The number of hydrogen-bond donors (Lipinski definition) is 1. The highest BCUT2D eigenvalue weighted by molar-refractivity contribution is 6.04. The van der Waals surface area contributed by atoms with E-state index in [9.17, 15) is 9.18 Å². The first kappa shape index (κ1) is 18.6. The maximum Gasteiger partial charge on any atom is 0.240 e. The van der Waals surface area contributed by atoms with Crippen LogP contribution in [0.1, 0.15) is 24.0 Å². The first-order chi connectivity index (χ1) is 13.7. The predicted octanol–water partition coefficient (Wildman–Crippen LogP) is 2.80. The zero-order valence-corrected chi connectivity index (χ0v) is 15.9. The van der Waals surface area contributed by atoms with E-state index in [4.69, 9.17) is 0 Å². The van der Waals surface area contributed by atoms with Crippen LogP contribution in [0.25, 0.3) is 0 Å². The highest BCUT2D eigenvalue weighted by Crippen LogP contribution is 2.17. The van der Waals surface area contributed by atoms with E-state index in [1.807, 2.05) is 12.1 Å². The Balaban J connectivity index is 1.25. The van der Waals surface area contributed by atoms with Crippen LogP contribution in [0.15, 0.2) is 53.6 Å². The number of amides is 1. The van der Waals surface area contributed by atoms with Crippen molar-refractivity contribution in [1.82, 2.24) is 10.3 Å². The van der Waals surface area contributed by atoms with Gasteiger partial charge in [0.15, 0.2) is 0 Å². The van der Waals surface area contributed by atoms with Crippen LogP contribution >= 0.6 is 0 Å². The molecule has 0 aliphatic carbocycles. The molecule has 4 rings (SSSR count). The zero-order chi connectivity index (χ0) is 19.3. The molecule has 2 aliphatic rings. The summed E-state index contributed by atoms with van der Waals surface area (Å²) in [4.78, 5) is 16.0. The molecule has 0 aromatic heterocycles. The minimum Gasteiger partial charge on any atom is -0.369 e. The molecule has 0 spiro atoms. The summed E-state index contributed by atoms with van der Waals surface area (Å²) in [6, 6.07) is 15.3. The average Bonchev–Trinajstić information content (AvgIpc) is 2.74. The average molecular weight is 380 g/mol. The van der Waals surface area contributed by atoms with Gasteiger partial charge in [-0.25, -0.2) is 9.82 Å². The molecule has 1 amide bonds. The fraction of sp³-hybridized carbons (Fsp3) is 0.364. The lowest BCUT2D eigenvalue weighted by atomic mass is 10.0. The summed E-state index contributed by atoms with van der Waals surface area (Å²) in [6.07, 6.45) is 2.22. The van der Waals surface area contributed by atoms with E-state index < -0.39 is 0 Å². The molecule has 5 nitrogen and oxygen atoms in total. The van der Waals surface area contributed by atoms with Crippen LogP contribution in [0.5, 0.6) is 0 Å². The lowest BCUT2D eigenvalue weighted by molar-refractivity contribution is -0.121. The summed E-state index contributed by atoms with van der Waals surface area (Å²) >= 11 is 0. The Bertz CT molecular complexity index is 840. The third kappa shape index (κ3) is 4.57. The number of hydrazone groups is 1. The van der Waals surface area contributed by atoms with Crippen LogP contribution in [0.3, 0.4) is 0 Å². The largest absolute Gasteiger partial charge is 0.369 e. The van der Waals surface area contributed by atoms with Crippen molar-refractivity contribution in [2.75, 3.05) is 37.6 Å². The number of benzene rings is 2. The molecule has 6 heteroatoms. The summed E-state index contributed by atoms with van der Waals surface area (Å²) < 4.78 is 13.1. The molecule has 2 heterocycles. The molecule has 28 heavy (non-hydrogen) atoms. The normalized spacial score (nSPS) is 18.0. The predicted molar refractivity (Wildman–Crippen MR) is 109 cm³/mol. The Kier molecular flexibility index (Phi) is 5.67. The van der Waals surface area contributed by atoms with Gasteiger partial charge < -0.3 is 4.90 Å². The smallest absolute Gasteiger partial charge is 0.240 e. The Labute approximate surface area is 164 Å². The molecule has 0 radical (unpaired) electrons. The zero-order valence-electron chi connectivity index (χ0n) is 15.9. The standard InChI is InChI=1S/C22H25FN4O/c23-19-5-7-20(8-6-19)27-15-13-26(14-16-27)12-11-17-1-3-18(4-2-17)21-9-10-22(28)25-24-21/h1-8H,9-16H2,(H,25,28). The van der Waals surface area contributed by atoms with Crippen molar-refractivity contribution in [3.05, 3.63) is 65.5 Å². The number of nitrogens with one attached hydrogen (secondary N) is 1. The third-order valence-electron chi connectivity index (χ3n) is 5.47. The van der Waals surface area contributed by atoms with Gasteiger partial charge in [0.25, 0.3) is 0 Å². The first-order valence-electron chi connectivity index (χ1n) is 9.85. The van der Waals surface area contributed by atoms with Gasteiger partial charge in [-0.3, -0.25) is 9.69 Å². The quantitative estimate of drug-likeness (QED) is 0.868. The number of halogens is 1. The van der Waals surface area contributed by atoms with Gasteiger partial charge >= 0.3 is 0 Å². The number of hydrogen-bond acceptors (Lipinski definition) is 4. The second-order valence-corrected chi connectivity index (χ2v) is 7.35. The number of rotatable bonds is 5. The highest BCUT2D eigenvalue weighted by Gasteiger charge is 2.17. The molecule has 2 aromatic carbocycles. The molecule has 2 aromatic rings. The number of carbonyl (C=O) groups excluding carboxylic acids is 1. The number of piperazine rings is 1. The molecule has 0 atom stereocenters. The highest BCUT2D eigenvalue weighted by atomic mass is 19.1. The van der Waals surface area contributed by atoms with Crippen molar-refractivity contribution >= 4 is 17.3 Å². The molecule has 2 aliphatic heterocycles. The van der Waals surface area contributed by atoms with Gasteiger partial charge in [-0.2, -0.15) is 5.10 Å². The van der Waals surface area contributed by atoms with E-state index >= 15 is 0 Å². The van der Waals surface area contributed by atoms with Gasteiger partial charge in [0.2, 0.25) is 5.91 Å². The van der Waals surface area contributed by atoms with Gasteiger partial charge in [0.05, 0.1) is 5.71 Å². The number of nitrogens with zero attached hydrogens (tertiary/aromatic N) is 3. The van der Waals surface area contributed by atoms with Crippen LogP contribution in [0.2, 0.25) is 0 Å². The summed E-state index contributed by atoms with van der Waals surface area (Å²) in [6.45, 7) is 5.01. The monoisotopic (exact) mass is 380 g/mol. The topological polar surface area (TPSA) is 47.9 Å². The Morgan fingerprint density at radius 2 is 1.64 bits per heavy atom. The summed E-state index contributed by atoms with van der Waals surface area (Å²) in [7, 11) is 0. The molecule has 1 saturated heterocycles. The Hall–Kier alpha value is -2.73. The van der Waals surface area contributed by atoms with Crippen LogP contribution in [-0.4, -0.2) is 49.2 Å². The van der Waals surface area contributed by atoms with Crippen molar-refractivity contribution in [1.29, 1.82) is 0 Å². The van der Waals surface area contributed by atoms with Gasteiger partial charge in [-0.1, -0.05) is 24.3 Å². The summed E-state index contributed by atoms with van der Waals surface area (Å²) in [5, 5.41) is 4.15. The van der Waals surface area contributed by atoms with E-state index in [-0.39, 0.29) is 11.7 Å². The van der Waals surface area contributed by atoms with E-state index in [0.717, 1.165) is 56.1 Å². The summed E-state index contributed by atoms with van der Waals surface area (Å²) in [5.41, 5.74) is 6.98. The number of anilines is 1. The molecule has 1 N–H and O–H groups in total. The molecular weight excluding hydrogens is 355 g/mol. The van der Waals surface area contributed by atoms with E-state index in [1.165, 1.54) is 17.7 Å². The van der Waals surface area contributed by atoms with Crippen molar-refractivity contribution in [3.63, 3.8) is 0 Å². The second kappa shape index (κ2) is 8.52.